The number of hydrogen-bond donors (Lipinski definition) is 1. The van der Waals surface area contributed by atoms with Gasteiger partial charge < -0.3 is 10.1 Å². The van der Waals surface area contributed by atoms with Crippen LogP contribution in [0.4, 0.5) is 13.6 Å². The first-order valence-electron chi connectivity index (χ1n) is 8.90. The fourth-order valence-electron chi connectivity index (χ4n) is 2.57. The molecular weight excluding hydrogens is 364 g/mol. The first kappa shape index (κ1) is 21.3. The molecule has 4 nitrogen and oxygen atoms in total. The number of alkyl carbamates (subject to hydrolysis) is 1. The maximum atomic E-state index is 14.5. The van der Waals surface area contributed by atoms with Gasteiger partial charge in [-0.1, -0.05) is 73.7 Å². The molecule has 0 bridgehead atoms. The molecule has 1 amide bonds. The number of hydrogen-bond acceptors (Lipinski definition) is 3. The van der Waals surface area contributed by atoms with Gasteiger partial charge in [0, 0.05) is 12.3 Å². The second kappa shape index (κ2) is 9.78. The molecule has 6 heteroatoms. The predicted octanol–water partition coefficient (Wildman–Crippen LogP) is 4.55. The van der Waals surface area contributed by atoms with Gasteiger partial charge in [-0.3, -0.25) is 4.79 Å². The summed E-state index contributed by atoms with van der Waals surface area (Å²) in [7, 11) is 0. The summed E-state index contributed by atoms with van der Waals surface area (Å²) in [4.78, 5) is 24.6. The van der Waals surface area contributed by atoms with E-state index >= 15 is 0 Å². The normalized spacial score (nSPS) is 13.2. The van der Waals surface area contributed by atoms with Crippen molar-refractivity contribution in [2.75, 3.05) is 0 Å². The van der Waals surface area contributed by atoms with Gasteiger partial charge in [0.2, 0.25) is 5.78 Å². The molecule has 148 valence electrons. The number of carbonyl (C=O) groups excluding carboxylic acids is 2. The minimum absolute atomic E-state index is 0.0294. The zero-order valence-corrected chi connectivity index (χ0v) is 15.6. The van der Waals surface area contributed by atoms with Crippen molar-refractivity contribution >= 4 is 11.9 Å². The van der Waals surface area contributed by atoms with Crippen LogP contribution in [0.5, 0.6) is 0 Å². The number of Topliss-reactive ketones (excluding diaryl/α,β-unsaturated/α-hetero) is 1. The molecule has 2 aromatic rings. The third-order valence-corrected chi connectivity index (χ3v) is 4.36. The molecule has 0 saturated heterocycles. The molecule has 0 aliphatic carbocycles. The van der Waals surface area contributed by atoms with E-state index in [-0.39, 0.29) is 13.0 Å². The van der Waals surface area contributed by atoms with E-state index in [1.807, 2.05) is 6.07 Å². The Bertz CT molecular complexity index is 794. The molecule has 0 heterocycles. The number of amides is 1. The summed E-state index contributed by atoms with van der Waals surface area (Å²) < 4.78 is 34.0. The number of nitrogens with one attached hydrogen (secondary N) is 1. The average Bonchev–Trinajstić information content (AvgIpc) is 2.72. The molecule has 2 rings (SSSR count). The summed E-state index contributed by atoms with van der Waals surface area (Å²) in [6.07, 6.45) is 0.0188. The summed E-state index contributed by atoms with van der Waals surface area (Å²) >= 11 is 0. The maximum absolute atomic E-state index is 14.5. The zero-order chi connectivity index (χ0) is 20.6. The number of alkyl halides is 2. The minimum atomic E-state index is -3.66. The van der Waals surface area contributed by atoms with Gasteiger partial charge in [-0.05, 0) is 11.1 Å². The Morgan fingerprint density at radius 2 is 1.61 bits per heavy atom. The Morgan fingerprint density at radius 1 is 1.07 bits per heavy atom. The fraction of sp³-hybridized carbons (Fsp3) is 0.273. The fourth-order valence-corrected chi connectivity index (χ4v) is 2.57. The highest BCUT2D eigenvalue weighted by Crippen LogP contribution is 2.28. The molecule has 0 aliphatic rings. The smallest absolute Gasteiger partial charge is 0.408 e. The van der Waals surface area contributed by atoms with Gasteiger partial charge in [0.25, 0.3) is 0 Å². The standard InChI is InChI=1S/C22H23F2NO3/c1-3-16(2)22(23,24)20(26)19(14-17-10-6-4-7-11-17)25-21(27)28-15-18-12-8-5-9-13-18/h3-13,16,19H,1,14-15H2,2H3,(H,25,27). The van der Waals surface area contributed by atoms with Crippen LogP contribution >= 0.6 is 0 Å². The van der Waals surface area contributed by atoms with Crippen LogP contribution in [0.25, 0.3) is 0 Å². The third kappa shape index (κ3) is 5.74. The van der Waals surface area contributed by atoms with E-state index in [0.717, 1.165) is 11.6 Å². The molecule has 0 spiro atoms. The van der Waals surface area contributed by atoms with Crippen molar-refractivity contribution in [1.29, 1.82) is 0 Å². The van der Waals surface area contributed by atoms with Gasteiger partial charge in [-0.25, -0.2) is 4.79 Å². The molecule has 2 aromatic carbocycles. The number of allylic oxidation sites excluding steroid dienone is 1. The van der Waals surface area contributed by atoms with Crippen molar-refractivity contribution in [3.8, 4) is 0 Å². The van der Waals surface area contributed by atoms with Gasteiger partial charge in [0.05, 0.1) is 0 Å². The first-order valence-corrected chi connectivity index (χ1v) is 8.90. The summed E-state index contributed by atoms with van der Waals surface area (Å²) in [6.45, 7) is 4.51. The number of carbonyl (C=O) groups is 2. The molecule has 2 unspecified atom stereocenters. The second-order valence-electron chi connectivity index (χ2n) is 6.46. The summed E-state index contributed by atoms with van der Waals surface area (Å²) in [6, 6.07) is 16.1. The van der Waals surface area contributed by atoms with Gasteiger partial charge in [-0.2, -0.15) is 8.78 Å². The number of benzene rings is 2. The Hall–Kier alpha value is -3.02. The van der Waals surface area contributed by atoms with E-state index < -0.39 is 29.8 Å². The SMILES string of the molecule is C=CC(C)C(F)(F)C(=O)C(Cc1ccccc1)NC(=O)OCc1ccccc1. The lowest BCUT2D eigenvalue weighted by atomic mass is 9.92. The van der Waals surface area contributed by atoms with Crippen LogP contribution in [0, 0.1) is 5.92 Å². The van der Waals surface area contributed by atoms with E-state index in [9.17, 15) is 18.4 Å². The minimum Gasteiger partial charge on any atom is -0.445 e. The van der Waals surface area contributed by atoms with Crippen LogP contribution in [0.3, 0.4) is 0 Å². The van der Waals surface area contributed by atoms with Crippen LogP contribution < -0.4 is 5.32 Å². The van der Waals surface area contributed by atoms with E-state index in [1.54, 1.807) is 54.6 Å². The van der Waals surface area contributed by atoms with Crippen molar-refractivity contribution in [2.45, 2.75) is 31.9 Å². The second-order valence-corrected chi connectivity index (χ2v) is 6.46. The molecule has 1 N–H and O–H groups in total. The summed E-state index contributed by atoms with van der Waals surface area (Å²) in [5.41, 5.74) is 1.39. The average molecular weight is 387 g/mol. The van der Waals surface area contributed by atoms with Crippen LogP contribution in [-0.4, -0.2) is 23.8 Å². The Balaban J connectivity index is 2.12. The predicted molar refractivity (Wildman–Crippen MR) is 103 cm³/mol. The van der Waals surface area contributed by atoms with Gasteiger partial charge in [-0.15, -0.1) is 6.58 Å². The zero-order valence-electron chi connectivity index (χ0n) is 15.6. The molecule has 0 aliphatic heterocycles. The lowest BCUT2D eigenvalue weighted by Crippen LogP contribution is -2.51. The molecule has 0 aromatic heterocycles. The van der Waals surface area contributed by atoms with Gasteiger partial charge >= 0.3 is 12.0 Å². The number of ketones is 1. The molecule has 2 atom stereocenters. The largest absolute Gasteiger partial charge is 0.445 e. The van der Waals surface area contributed by atoms with Crippen LogP contribution in [0.1, 0.15) is 18.1 Å². The highest BCUT2D eigenvalue weighted by Gasteiger charge is 2.47. The Morgan fingerprint density at radius 3 is 2.14 bits per heavy atom. The van der Waals surface area contributed by atoms with Gasteiger partial charge in [0.1, 0.15) is 12.6 Å². The number of rotatable bonds is 9. The van der Waals surface area contributed by atoms with Crippen molar-refractivity contribution in [3.63, 3.8) is 0 Å². The third-order valence-electron chi connectivity index (χ3n) is 4.36. The van der Waals surface area contributed by atoms with Crippen LogP contribution in [0.15, 0.2) is 73.3 Å². The van der Waals surface area contributed by atoms with E-state index in [1.165, 1.54) is 6.92 Å². The Labute approximate surface area is 163 Å². The molecule has 0 radical (unpaired) electrons. The lowest BCUT2D eigenvalue weighted by Gasteiger charge is -2.25. The van der Waals surface area contributed by atoms with Crippen molar-refractivity contribution in [1.82, 2.24) is 5.32 Å². The van der Waals surface area contributed by atoms with Crippen LogP contribution in [0.2, 0.25) is 0 Å². The topological polar surface area (TPSA) is 55.4 Å². The van der Waals surface area contributed by atoms with Crippen molar-refractivity contribution in [2.24, 2.45) is 5.92 Å². The molecule has 0 saturated carbocycles. The van der Waals surface area contributed by atoms with Crippen LogP contribution in [-0.2, 0) is 22.6 Å². The lowest BCUT2D eigenvalue weighted by molar-refractivity contribution is -0.150. The number of halogens is 2. The molecule has 0 fully saturated rings. The van der Waals surface area contributed by atoms with E-state index in [2.05, 4.69) is 11.9 Å². The molecular formula is C22H23F2NO3. The summed E-state index contributed by atoms with van der Waals surface area (Å²) in [5, 5.41) is 2.30. The first-order chi connectivity index (χ1) is 13.3. The van der Waals surface area contributed by atoms with Crippen molar-refractivity contribution < 1.29 is 23.1 Å². The van der Waals surface area contributed by atoms with Gasteiger partial charge in [0.15, 0.2) is 0 Å². The van der Waals surface area contributed by atoms with E-state index in [0.29, 0.717) is 5.56 Å². The highest BCUT2D eigenvalue weighted by atomic mass is 19.3. The Kier molecular flexibility index (Phi) is 7.44. The van der Waals surface area contributed by atoms with E-state index in [4.69, 9.17) is 4.74 Å². The van der Waals surface area contributed by atoms with Crippen molar-refractivity contribution in [3.05, 3.63) is 84.4 Å². The quantitative estimate of drug-likeness (QED) is 0.642. The summed E-state index contributed by atoms with van der Waals surface area (Å²) in [5.74, 6) is -6.39. The maximum Gasteiger partial charge on any atom is 0.408 e. The monoisotopic (exact) mass is 387 g/mol. The molecule has 28 heavy (non-hydrogen) atoms. The highest BCUT2D eigenvalue weighted by molar-refractivity contribution is 5.93. The number of ether oxygens (including phenoxy) is 1.